The first-order valence-corrected chi connectivity index (χ1v) is 5.06. The van der Waals surface area contributed by atoms with Crippen molar-refractivity contribution in [2.75, 3.05) is 0 Å². The number of carbonyl (C=O) groups excluding carboxylic acids is 1. The maximum atomic E-state index is 10.8. The molecule has 1 radical (unpaired) electrons. The predicted octanol–water partition coefficient (Wildman–Crippen LogP) is 2.58. The highest BCUT2D eigenvalue weighted by Crippen LogP contribution is 2.28. The zero-order valence-electron chi connectivity index (χ0n) is 7.95. The van der Waals surface area contributed by atoms with E-state index in [0.717, 1.165) is 4.68 Å². The van der Waals surface area contributed by atoms with Gasteiger partial charge in [-0.15, -0.1) is 0 Å². The fourth-order valence-electron chi connectivity index (χ4n) is 1.21. The van der Waals surface area contributed by atoms with Crippen molar-refractivity contribution in [2.45, 2.75) is 0 Å². The third-order valence-corrected chi connectivity index (χ3v) is 2.51. The number of nitrogens with two attached hydrogens (primary N) is 1. The molecule has 0 fully saturated rings. The molecule has 0 unspecified atom stereocenters. The number of halogens is 2. The van der Waals surface area contributed by atoms with Crippen LogP contribution in [0.2, 0.25) is 10.0 Å². The van der Waals surface area contributed by atoms with Crippen LogP contribution in [-0.2, 0) is 0 Å². The van der Waals surface area contributed by atoms with Crippen LogP contribution in [0.4, 0.5) is 4.79 Å². The standard InChI is InChI=1S/C10H6Cl2N3O/c11-6-1-2-8(12)7(5-6)9-3-4-15(14-9)10(13)16/h1-2,4-5H,(H2,13,16). The predicted molar refractivity (Wildman–Crippen MR) is 61.5 cm³/mol. The Bertz CT molecular complexity index is 551. The molecule has 0 spiro atoms. The van der Waals surface area contributed by atoms with Gasteiger partial charge in [-0.05, 0) is 18.2 Å². The Morgan fingerprint density at radius 1 is 1.44 bits per heavy atom. The molecule has 2 rings (SSSR count). The zero-order chi connectivity index (χ0) is 11.7. The first kappa shape index (κ1) is 11.0. The van der Waals surface area contributed by atoms with Gasteiger partial charge >= 0.3 is 6.03 Å². The molecule has 1 heterocycles. The van der Waals surface area contributed by atoms with Crippen molar-refractivity contribution in [1.82, 2.24) is 9.78 Å². The highest BCUT2D eigenvalue weighted by molar-refractivity contribution is 6.35. The van der Waals surface area contributed by atoms with Crippen molar-refractivity contribution in [2.24, 2.45) is 5.73 Å². The van der Waals surface area contributed by atoms with E-state index >= 15 is 0 Å². The molecule has 1 aromatic carbocycles. The summed E-state index contributed by atoms with van der Waals surface area (Å²) in [5.41, 5.74) is 6.08. The van der Waals surface area contributed by atoms with Crippen LogP contribution in [0.5, 0.6) is 0 Å². The SMILES string of the molecule is NC(=O)n1c[c]c(-c2cc(Cl)ccc2Cl)n1. The number of amides is 1. The van der Waals surface area contributed by atoms with E-state index in [0.29, 0.717) is 21.3 Å². The molecular formula is C10H6Cl2N3O. The molecule has 2 N–H and O–H groups in total. The first-order chi connectivity index (χ1) is 7.58. The topological polar surface area (TPSA) is 60.9 Å². The molecule has 0 atom stereocenters. The highest BCUT2D eigenvalue weighted by Gasteiger charge is 2.09. The number of primary amides is 1. The van der Waals surface area contributed by atoms with E-state index in [1.54, 1.807) is 18.2 Å². The number of benzene rings is 1. The molecule has 1 aromatic heterocycles. The number of rotatable bonds is 1. The van der Waals surface area contributed by atoms with Gasteiger partial charge in [-0.3, -0.25) is 0 Å². The summed E-state index contributed by atoms with van der Waals surface area (Å²) in [6, 6.07) is 7.06. The van der Waals surface area contributed by atoms with Gasteiger partial charge in [0.2, 0.25) is 0 Å². The van der Waals surface area contributed by atoms with Crippen molar-refractivity contribution in [1.29, 1.82) is 0 Å². The third-order valence-electron chi connectivity index (χ3n) is 1.94. The van der Waals surface area contributed by atoms with E-state index in [1.807, 2.05) is 0 Å². The molecule has 1 amide bonds. The van der Waals surface area contributed by atoms with Crippen molar-refractivity contribution in [3.05, 3.63) is 40.5 Å². The van der Waals surface area contributed by atoms with Crippen molar-refractivity contribution >= 4 is 29.2 Å². The van der Waals surface area contributed by atoms with Crippen LogP contribution in [0.15, 0.2) is 24.4 Å². The second-order valence-electron chi connectivity index (χ2n) is 3.03. The van der Waals surface area contributed by atoms with Gasteiger partial charge in [0.25, 0.3) is 0 Å². The molecule has 0 aliphatic carbocycles. The van der Waals surface area contributed by atoms with Crippen molar-refractivity contribution in [3.8, 4) is 11.3 Å². The molecule has 6 heteroatoms. The monoisotopic (exact) mass is 254 g/mol. The lowest BCUT2D eigenvalue weighted by Crippen LogP contribution is -2.19. The van der Waals surface area contributed by atoms with Crippen LogP contribution in [0.3, 0.4) is 0 Å². The summed E-state index contributed by atoms with van der Waals surface area (Å²) in [5, 5.41) is 4.94. The van der Waals surface area contributed by atoms with Gasteiger partial charge in [0.15, 0.2) is 0 Å². The average Bonchev–Trinajstić information content (AvgIpc) is 2.70. The molecule has 0 bridgehead atoms. The highest BCUT2D eigenvalue weighted by atomic mass is 35.5. The van der Waals surface area contributed by atoms with E-state index in [-0.39, 0.29) is 0 Å². The quantitative estimate of drug-likeness (QED) is 0.851. The van der Waals surface area contributed by atoms with Gasteiger partial charge in [0.1, 0.15) is 5.69 Å². The molecule has 81 valence electrons. The Morgan fingerprint density at radius 2 is 2.19 bits per heavy atom. The van der Waals surface area contributed by atoms with Gasteiger partial charge in [-0.2, -0.15) is 9.78 Å². The molecular weight excluding hydrogens is 249 g/mol. The van der Waals surface area contributed by atoms with Gasteiger partial charge in [-0.1, -0.05) is 23.2 Å². The minimum atomic E-state index is -0.680. The Kier molecular flexibility index (Phi) is 2.85. The summed E-state index contributed by atoms with van der Waals surface area (Å²) in [6.07, 6.45) is 1.34. The van der Waals surface area contributed by atoms with Crippen LogP contribution >= 0.6 is 23.2 Å². The van der Waals surface area contributed by atoms with Gasteiger partial charge in [0, 0.05) is 22.8 Å². The second-order valence-corrected chi connectivity index (χ2v) is 3.87. The van der Waals surface area contributed by atoms with E-state index in [1.165, 1.54) is 6.20 Å². The van der Waals surface area contributed by atoms with Gasteiger partial charge in [-0.25, -0.2) is 4.79 Å². The van der Waals surface area contributed by atoms with Crippen LogP contribution in [-0.4, -0.2) is 15.8 Å². The zero-order valence-corrected chi connectivity index (χ0v) is 9.46. The summed E-state index contributed by atoms with van der Waals surface area (Å²) in [5.74, 6) is 0. The first-order valence-electron chi connectivity index (χ1n) is 4.30. The molecule has 0 aliphatic rings. The van der Waals surface area contributed by atoms with Crippen LogP contribution in [0.1, 0.15) is 0 Å². The minimum Gasteiger partial charge on any atom is -0.350 e. The van der Waals surface area contributed by atoms with Gasteiger partial charge < -0.3 is 5.73 Å². The van der Waals surface area contributed by atoms with E-state index < -0.39 is 6.03 Å². The van der Waals surface area contributed by atoms with E-state index in [2.05, 4.69) is 11.2 Å². The lowest BCUT2D eigenvalue weighted by molar-refractivity contribution is 0.248. The smallest absolute Gasteiger partial charge is 0.339 e. The number of carbonyl (C=O) groups is 1. The lowest BCUT2D eigenvalue weighted by Gasteiger charge is -2.00. The largest absolute Gasteiger partial charge is 0.350 e. The third kappa shape index (κ3) is 2.03. The summed E-state index contributed by atoms with van der Waals surface area (Å²) in [7, 11) is 0. The normalized spacial score (nSPS) is 10.4. The Labute approximate surface area is 102 Å². The summed E-state index contributed by atoms with van der Waals surface area (Å²) in [6.45, 7) is 0. The number of aromatic nitrogens is 2. The van der Waals surface area contributed by atoms with E-state index in [4.69, 9.17) is 28.9 Å². The van der Waals surface area contributed by atoms with E-state index in [9.17, 15) is 4.79 Å². The summed E-state index contributed by atoms with van der Waals surface area (Å²) >= 11 is 11.8. The minimum absolute atomic E-state index is 0.423. The molecule has 0 saturated carbocycles. The maximum Gasteiger partial charge on any atom is 0.339 e. The van der Waals surface area contributed by atoms with Crippen LogP contribution in [0, 0.1) is 6.07 Å². The summed E-state index contributed by atoms with van der Waals surface area (Å²) < 4.78 is 0.979. The Hall–Kier alpha value is -1.52. The summed E-state index contributed by atoms with van der Waals surface area (Å²) in [4.78, 5) is 10.8. The molecule has 4 nitrogen and oxygen atoms in total. The number of nitrogens with zero attached hydrogens (tertiary/aromatic N) is 2. The van der Waals surface area contributed by atoms with Gasteiger partial charge in [0.05, 0.1) is 5.02 Å². The number of hydrogen-bond donors (Lipinski definition) is 1. The molecule has 16 heavy (non-hydrogen) atoms. The molecule has 0 saturated heterocycles. The maximum absolute atomic E-state index is 10.8. The molecule has 2 aromatic rings. The fraction of sp³-hybridized carbons (Fsp3) is 0. The van der Waals surface area contributed by atoms with Crippen molar-refractivity contribution < 1.29 is 4.79 Å². The Balaban J connectivity index is 2.50. The molecule has 0 aliphatic heterocycles. The van der Waals surface area contributed by atoms with Crippen LogP contribution in [0.25, 0.3) is 11.3 Å². The Morgan fingerprint density at radius 3 is 2.81 bits per heavy atom. The fourth-order valence-corrected chi connectivity index (χ4v) is 1.59. The average molecular weight is 255 g/mol. The number of hydrogen-bond acceptors (Lipinski definition) is 2. The van der Waals surface area contributed by atoms with Crippen molar-refractivity contribution in [3.63, 3.8) is 0 Å². The van der Waals surface area contributed by atoms with Crippen LogP contribution < -0.4 is 5.73 Å². The lowest BCUT2D eigenvalue weighted by atomic mass is 10.1. The second kappa shape index (κ2) is 4.15.